The van der Waals surface area contributed by atoms with Crippen LogP contribution in [0.25, 0.3) is 0 Å². The zero-order valence-corrected chi connectivity index (χ0v) is 31.1. The molecule has 3 heteroatoms. The number of rotatable bonds is 19. The van der Waals surface area contributed by atoms with Gasteiger partial charge in [-0.05, 0) is 61.1 Å². The molecule has 0 saturated heterocycles. The molecule has 0 saturated carbocycles. The lowest BCUT2D eigenvalue weighted by Gasteiger charge is -2.08. The Morgan fingerprint density at radius 3 is 0.851 bits per heavy atom. The topological polar surface area (TPSA) is 49.7 Å². The fourth-order valence-electron chi connectivity index (χ4n) is 4.16. The standard InChI is InChI=1S/C30H46O.C2H6O2.6C2H4/c1-3-5-7-9-11-13-15-17-27-19-23-29(24-20-27)31-30-25-21-28(22-26-30)18-16-14-12-10-8-6-4-2;3-1-2-4;6*1-2/h19-26H,3-18H2,1-2H3;3-4H,1-2H2;6*1-2H2. The van der Waals surface area contributed by atoms with Crippen LogP contribution < -0.4 is 4.74 Å². The van der Waals surface area contributed by atoms with Crippen molar-refractivity contribution in [1.29, 1.82) is 0 Å². The first-order valence-corrected chi connectivity index (χ1v) is 17.3. The molecule has 0 aliphatic rings. The predicted molar refractivity (Wildman–Crippen MR) is 218 cm³/mol. The van der Waals surface area contributed by atoms with E-state index in [-0.39, 0.29) is 13.2 Å². The number of hydrogen-bond acceptors (Lipinski definition) is 3. The monoisotopic (exact) mass is 653 g/mol. The normalized spacial score (nSPS) is 8.43. The summed E-state index contributed by atoms with van der Waals surface area (Å²) in [6.45, 7) is 40.3. The van der Waals surface area contributed by atoms with E-state index < -0.39 is 0 Å². The van der Waals surface area contributed by atoms with E-state index in [2.05, 4.69) is 141 Å². The first-order chi connectivity index (χ1) is 23.2. The second-order valence-electron chi connectivity index (χ2n) is 9.58. The van der Waals surface area contributed by atoms with Crippen LogP contribution in [0.4, 0.5) is 0 Å². The van der Waals surface area contributed by atoms with Gasteiger partial charge in [-0.25, -0.2) is 0 Å². The summed E-state index contributed by atoms with van der Waals surface area (Å²) in [5.74, 6) is 1.87. The van der Waals surface area contributed by atoms with Gasteiger partial charge in [-0.15, -0.1) is 78.9 Å². The Kier molecular flexibility index (Phi) is 69.3. The lowest BCUT2D eigenvalue weighted by Crippen LogP contribution is -1.90. The molecule has 0 fully saturated rings. The van der Waals surface area contributed by atoms with Crippen LogP contribution in [0.1, 0.15) is 115 Å². The van der Waals surface area contributed by atoms with E-state index in [9.17, 15) is 0 Å². The van der Waals surface area contributed by atoms with Crippen LogP contribution in [0.15, 0.2) is 127 Å². The summed E-state index contributed by atoms with van der Waals surface area (Å²) in [4.78, 5) is 0. The average molecular weight is 653 g/mol. The van der Waals surface area contributed by atoms with Crippen molar-refractivity contribution < 1.29 is 14.9 Å². The van der Waals surface area contributed by atoms with Crippen molar-refractivity contribution in [1.82, 2.24) is 0 Å². The first-order valence-electron chi connectivity index (χ1n) is 17.3. The summed E-state index contributed by atoms with van der Waals surface area (Å²) in [7, 11) is 0. The molecule has 2 aromatic carbocycles. The van der Waals surface area contributed by atoms with E-state index in [0.29, 0.717) is 0 Å². The highest BCUT2D eigenvalue weighted by Gasteiger charge is 2.01. The van der Waals surface area contributed by atoms with E-state index in [1.807, 2.05) is 0 Å². The zero-order valence-electron chi connectivity index (χ0n) is 31.1. The van der Waals surface area contributed by atoms with Crippen LogP contribution in [0, 0.1) is 0 Å². The molecule has 2 N–H and O–H groups in total. The number of unbranched alkanes of at least 4 members (excludes halogenated alkanes) is 12. The molecule has 0 heterocycles. The summed E-state index contributed by atoms with van der Waals surface area (Å²) >= 11 is 0. The molecule has 0 radical (unpaired) electrons. The van der Waals surface area contributed by atoms with Crippen molar-refractivity contribution >= 4 is 0 Å². The highest BCUT2D eigenvalue weighted by atomic mass is 16.5. The van der Waals surface area contributed by atoms with Gasteiger partial charge in [-0.1, -0.05) is 115 Å². The number of aliphatic hydroxyl groups is 2. The third kappa shape index (κ3) is 44.8. The summed E-state index contributed by atoms with van der Waals surface area (Å²) in [6.07, 6.45) is 21.5. The lowest BCUT2D eigenvalue weighted by molar-refractivity contribution is 0.186. The molecule has 0 aliphatic carbocycles. The third-order valence-electron chi connectivity index (χ3n) is 6.32. The van der Waals surface area contributed by atoms with Crippen molar-refractivity contribution in [3.63, 3.8) is 0 Å². The molecular formula is C44H76O3. The number of ether oxygens (including phenoxy) is 1. The van der Waals surface area contributed by atoms with Gasteiger partial charge >= 0.3 is 0 Å². The highest BCUT2D eigenvalue weighted by molar-refractivity contribution is 5.34. The van der Waals surface area contributed by atoms with Gasteiger partial charge in [-0.2, -0.15) is 0 Å². The molecule has 0 bridgehead atoms. The van der Waals surface area contributed by atoms with Crippen LogP contribution in [0.2, 0.25) is 0 Å². The largest absolute Gasteiger partial charge is 0.457 e. The van der Waals surface area contributed by atoms with Gasteiger partial charge in [0.1, 0.15) is 11.5 Å². The van der Waals surface area contributed by atoms with Crippen molar-refractivity contribution in [2.24, 2.45) is 0 Å². The van der Waals surface area contributed by atoms with E-state index in [1.165, 1.54) is 114 Å². The summed E-state index contributed by atoms with van der Waals surface area (Å²) in [5, 5.41) is 15.2. The molecule has 0 unspecified atom stereocenters. The third-order valence-corrected chi connectivity index (χ3v) is 6.32. The number of hydrogen-bond donors (Lipinski definition) is 2. The molecule has 0 spiro atoms. The van der Waals surface area contributed by atoms with Crippen molar-refractivity contribution in [3.05, 3.63) is 139 Å². The lowest BCUT2D eigenvalue weighted by atomic mass is 10.0. The van der Waals surface area contributed by atoms with E-state index in [0.717, 1.165) is 11.5 Å². The quantitative estimate of drug-likeness (QED) is 0.117. The maximum Gasteiger partial charge on any atom is 0.127 e. The minimum atomic E-state index is -0.125. The van der Waals surface area contributed by atoms with Crippen molar-refractivity contribution in [3.8, 4) is 11.5 Å². The Morgan fingerprint density at radius 1 is 0.383 bits per heavy atom. The van der Waals surface area contributed by atoms with Gasteiger partial charge in [0, 0.05) is 0 Å². The van der Waals surface area contributed by atoms with Crippen LogP contribution in [-0.2, 0) is 12.8 Å². The number of aryl methyl sites for hydroxylation is 2. The Morgan fingerprint density at radius 2 is 0.617 bits per heavy atom. The minimum absolute atomic E-state index is 0.125. The molecule has 0 amide bonds. The van der Waals surface area contributed by atoms with Gasteiger partial charge < -0.3 is 14.9 Å². The van der Waals surface area contributed by atoms with E-state index in [4.69, 9.17) is 14.9 Å². The van der Waals surface area contributed by atoms with Crippen molar-refractivity contribution in [2.45, 2.75) is 117 Å². The van der Waals surface area contributed by atoms with Crippen LogP contribution in [-0.4, -0.2) is 23.4 Å². The molecule has 3 nitrogen and oxygen atoms in total. The van der Waals surface area contributed by atoms with Gasteiger partial charge in [0.2, 0.25) is 0 Å². The fourth-order valence-corrected chi connectivity index (χ4v) is 4.16. The van der Waals surface area contributed by atoms with Crippen molar-refractivity contribution in [2.75, 3.05) is 13.2 Å². The number of aliphatic hydroxyl groups excluding tert-OH is 2. The highest BCUT2D eigenvalue weighted by Crippen LogP contribution is 2.23. The molecular weight excluding hydrogens is 576 g/mol. The maximum absolute atomic E-state index is 7.62. The number of benzene rings is 2. The van der Waals surface area contributed by atoms with Crippen LogP contribution in [0.5, 0.6) is 11.5 Å². The molecule has 2 rings (SSSR count). The van der Waals surface area contributed by atoms with Gasteiger partial charge in [0.25, 0.3) is 0 Å². The fraction of sp³-hybridized carbons (Fsp3) is 0.455. The Hall–Kier alpha value is -3.40. The minimum Gasteiger partial charge on any atom is -0.457 e. The summed E-state index contributed by atoms with van der Waals surface area (Å²) < 4.78 is 6.05. The first kappa shape index (κ1) is 56.0. The molecule has 2 aromatic rings. The van der Waals surface area contributed by atoms with Gasteiger partial charge in [-0.3, -0.25) is 0 Å². The molecule has 0 atom stereocenters. The van der Waals surface area contributed by atoms with E-state index >= 15 is 0 Å². The van der Waals surface area contributed by atoms with Gasteiger partial charge in [0.05, 0.1) is 13.2 Å². The molecule has 47 heavy (non-hydrogen) atoms. The van der Waals surface area contributed by atoms with Gasteiger partial charge in [0.15, 0.2) is 0 Å². The van der Waals surface area contributed by atoms with Crippen LogP contribution >= 0.6 is 0 Å². The smallest absolute Gasteiger partial charge is 0.127 e. The van der Waals surface area contributed by atoms with E-state index in [1.54, 1.807) is 0 Å². The zero-order chi connectivity index (χ0) is 37.4. The predicted octanol–water partition coefficient (Wildman–Crippen LogP) is 13.8. The summed E-state index contributed by atoms with van der Waals surface area (Å²) in [6, 6.07) is 17.4. The second kappa shape index (κ2) is 58.2. The van der Waals surface area contributed by atoms with Crippen LogP contribution in [0.3, 0.4) is 0 Å². The Balaban J connectivity index is -0.000000226. The molecule has 0 aliphatic heterocycles. The molecule has 0 aromatic heterocycles. The molecule has 270 valence electrons. The average Bonchev–Trinajstić information content (AvgIpc) is 3.17. The summed E-state index contributed by atoms with van der Waals surface area (Å²) in [5.41, 5.74) is 2.84. The second-order valence-corrected chi connectivity index (χ2v) is 9.58. The maximum atomic E-state index is 7.62. The Bertz CT molecular complexity index is 708. The SMILES string of the molecule is C=C.C=C.C=C.C=C.C=C.C=C.CCCCCCCCCc1ccc(Oc2ccc(CCCCCCCCC)cc2)cc1.OCCO. The Labute approximate surface area is 294 Å².